The number of nitrogens with zero attached hydrogens (tertiary/aromatic N) is 1. The first-order valence-electron chi connectivity index (χ1n) is 8.78. The predicted molar refractivity (Wildman–Crippen MR) is 89.5 cm³/mol. The Morgan fingerprint density at radius 1 is 1.35 bits per heavy atom. The van der Waals surface area contributed by atoms with Gasteiger partial charge in [-0.05, 0) is 48.6 Å². The van der Waals surface area contributed by atoms with Gasteiger partial charge in [0.1, 0.15) is 5.75 Å². The molecule has 1 N–H and O–H groups in total. The van der Waals surface area contributed by atoms with Crippen molar-refractivity contribution in [3.8, 4) is 5.75 Å². The van der Waals surface area contributed by atoms with Crippen LogP contribution in [0.3, 0.4) is 0 Å². The van der Waals surface area contributed by atoms with Crippen LogP contribution in [0.2, 0.25) is 0 Å². The van der Waals surface area contributed by atoms with Crippen molar-refractivity contribution in [3.63, 3.8) is 0 Å². The normalized spacial score (nSPS) is 23.0. The number of para-hydroxylation sites is 1. The van der Waals surface area contributed by atoms with Gasteiger partial charge >= 0.3 is 0 Å². The van der Waals surface area contributed by atoms with Gasteiger partial charge in [0.25, 0.3) is 0 Å². The van der Waals surface area contributed by atoms with Crippen LogP contribution in [-0.2, 0) is 4.79 Å². The molecule has 0 bridgehead atoms. The largest absolute Gasteiger partial charge is 0.493 e. The first-order chi connectivity index (χ1) is 11.2. The molecule has 2 aliphatic rings. The minimum atomic E-state index is 0.0298. The molecular weight excluding hydrogens is 290 g/mol. The van der Waals surface area contributed by atoms with E-state index in [9.17, 15) is 9.90 Å². The van der Waals surface area contributed by atoms with Gasteiger partial charge in [-0.15, -0.1) is 0 Å². The number of amides is 1. The van der Waals surface area contributed by atoms with Crippen LogP contribution in [0.15, 0.2) is 24.3 Å². The van der Waals surface area contributed by atoms with Gasteiger partial charge in [0.2, 0.25) is 5.91 Å². The fourth-order valence-corrected chi connectivity index (χ4v) is 3.82. The number of likely N-dealkylation sites (tertiary alicyclic amines) is 1. The van der Waals surface area contributed by atoms with Gasteiger partial charge in [-0.3, -0.25) is 4.79 Å². The first-order valence-corrected chi connectivity index (χ1v) is 8.78. The van der Waals surface area contributed by atoms with Crippen LogP contribution in [0.4, 0.5) is 0 Å². The summed E-state index contributed by atoms with van der Waals surface area (Å²) in [5.41, 5.74) is 1.20. The Kier molecular flexibility index (Phi) is 4.90. The quantitative estimate of drug-likeness (QED) is 0.929. The number of carbonyl (C=O) groups excluding carboxylic acids is 1. The summed E-state index contributed by atoms with van der Waals surface area (Å²) in [5.74, 6) is 1.44. The number of aliphatic hydroxyl groups excluding tert-OH is 1. The average molecular weight is 317 g/mol. The van der Waals surface area contributed by atoms with Crippen molar-refractivity contribution >= 4 is 5.91 Å². The number of hydrogen-bond acceptors (Lipinski definition) is 3. The Morgan fingerprint density at radius 2 is 2.09 bits per heavy atom. The zero-order valence-corrected chi connectivity index (χ0v) is 14.0. The van der Waals surface area contributed by atoms with Crippen molar-refractivity contribution < 1.29 is 14.6 Å². The molecule has 0 saturated carbocycles. The Balaban J connectivity index is 1.61. The van der Waals surface area contributed by atoms with Crippen LogP contribution in [0.25, 0.3) is 0 Å². The molecule has 1 fully saturated rings. The molecule has 2 heterocycles. The van der Waals surface area contributed by atoms with Gasteiger partial charge in [-0.1, -0.05) is 25.1 Å². The molecule has 4 heteroatoms. The van der Waals surface area contributed by atoms with Crippen LogP contribution < -0.4 is 4.74 Å². The molecule has 0 spiro atoms. The fraction of sp³-hybridized carbons (Fsp3) is 0.632. The average Bonchev–Trinajstić information content (AvgIpc) is 2.62. The zero-order chi connectivity index (χ0) is 16.3. The Bertz CT molecular complexity index is 543. The van der Waals surface area contributed by atoms with E-state index in [4.69, 9.17) is 4.74 Å². The van der Waals surface area contributed by atoms with Gasteiger partial charge in [0, 0.05) is 26.1 Å². The molecule has 0 aliphatic carbocycles. The van der Waals surface area contributed by atoms with Gasteiger partial charge < -0.3 is 14.7 Å². The van der Waals surface area contributed by atoms with Crippen LogP contribution in [0.1, 0.15) is 50.5 Å². The topological polar surface area (TPSA) is 49.8 Å². The van der Waals surface area contributed by atoms with Crippen molar-refractivity contribution in [3.05, 3.63) is 29.8 Å². The van der Waals surface area contributed by atoms with Crippen molar-refractivity contribution in [2.24, 2.45) is 5.41 Å². The highest BCUT2D eigenvalue weighted by molar-refractivity contribution is 5.77. The first kappa shape index (κ1) is 16.3. The maximum Gasteiger partial charge on any atom is 0.223 e. The second-order valence-electron chi connectivity index (χ2n) is 6.97. The van der Waals surface area contributed by atoms with Crippen LogP contribution in [0.5, 0.6) is 5.75 Å². The Hall–Kier alpha value is -1.55. The zero-order valence-electron chi connectivity index (χ0n) is 14.0. The molecule has 2 aliphatic heterocycles. The summed E-state index contributed by atoms with van der Waals surface area (Å²) in [6.07, 6.45) is 4.29. The van der Waals surface area contributed by atoms with Crippen molar-refractivity contribution in [1.29, 1.82) is 0 Å². The maximum atomic E-state index is 12.7. The van der Waals surface area contributed by atoms with Crippen molar-refractivity contribution in [2.75, 3.05) is 26.3 Å². The molecule has 1 saturated heterocycles. The van der Waals surface area contributed by atoms with E-state index in [1.54, 1.807) is 0 Å². The lowest BCUT2D eigenvalue weighted by Gasteiger charge is -2.40. The molecule has 3 rings (SSSR count). The van der Waals surface area contributed by atoms with Gasteiger partial charge in [0.15, 0.2) is 0 Å². The van der Waals surface area contributed by atoms with E-state index in [2.05, 4.69) is 13.0 Å². The number of aliphatic hydroxyl groups is 1. The third-order valence-corrected chi connectivity index (χ3v) is 5.77. The minimum absolute atomic E-state index is 0.0298. The summed E-state index contributed by atoms with van der Waals surface area (Å²) in [5, 5.41) is 9.62. The molecular formula is C19H27NO3. The molecule has 1 aromatic rings. The molecule has 0 radical (unpaired) electrons. The second-order valence-corrected chi connectivity index (χ2v) is 6.97. The standard InChI is InChI=1S/C19H27NO3/c1-2-19(14-21)8-10-20(11-9-19)18(22)13-15-7-12-23-17-6-4-3-5-16(15)17/h3-6,15,21H,2,7-14H2,1H3. The molecule has 4 nitrogen and oxygen atoms in total. The molecule has 0 aromatic heterocycles. The molecule has 1 aromatic carbocycles. The van der Waals surface area contributed by atoms with Crippen molar-refractivity contribution in [2.45, 2.75) is 44.9 Å². The molecule has 1 amide bonds. The van der Waals surface area contributed by atoms with E-state index in [0.29, 0.717) is 13.0 Å². The number of ether oxygens (including phenoxy) is 1. The van der Waals surface area contributed by atoms with Crippen molar-refractivity contribution in [1.82, 2.24) is 4.90 Å². The molecule has 126 valence electrons. The summed E-state index contributed by atoms with van der Waals surface area (Å²) in [6, 6.07) is 8.07. The number of hydrogen-bond donors (Lipinski definition) is 1. The smallest absolute Gasteiger partial charge is 0.223 e. The third kappa shape index (κ3) is 3.37. The SMILES string of the molecule is CCC1(CO)CCN(C(=O)CC2CCOc3ccccc32)CC1. The van der Waals surface area contributed by atoms with Gasteiger partial charge in [-0.2, -0.15) is 0 Å². The number of carbonyl (C=O) groups is 1. The number of fused-ring (bicyclic) bond motifs is 1. The van der Waals surface area contributed by atoms with E-state index in [-0.39, 0.29) is 23.8 Å². The molecule has 1 atom stereocenters. The maximum absolute atomic E-state index is 12.7. The second kappa shape index (κ2) is 6.91. The summed E-state index contributed by atoms with van der Waals surface area (Å²) >= 11 is 0. The number of rotatable bonds is 4. The van der Waals surface area contributed by atoms with E-state index in [0.717, 1.165) is 44.5 Å². The number of piperidine rings is 1. The van der Waals surface area contributed by atoms with Gasteiger partial charge in [0.05, 0.1) is 6.61 Å². The van der Waals surface area contributed by atoms with E-state index >= 15 is 0 Å². The minimum Gasteiger partial charge on any atom is -0.493 e. The summed E-state index contributed by atoms with van der Waals surface area (Å²) < 4.78 is 5.68. The Labute approximate surface area is 138 Å². The lowest BCUT2D eigenvalue weighted by molar-refractivity contribution is -0.134. The monoisotopic (exact) mass is 317 g/mol. The predicted octanol–water partition coefficient (Wildman–Crippen LogP) is 2.95. The van der Waals surface area contributed by atoms with E-state index in [1.807, 2.05) is 23.1 Å². The van der Waals surface area contributed by atoms with E-state index in [1.165, 1.54) is 5.56 Å². The summed E-state index contributed by atoms with van der Waals surface area (Å²) in [4.78, 5) is 14.7. The molecule has 23 heavy (non-hydrogen) atoms. The van der Waals surface area contributed by atoms with Crippen LogP contribution in [-0.4, -0.2) is 42.2 Å². The fourth-order valence-electron chi connectivity index (χ4n) is 3.82. The van der Waals surface area contributed by atoms with Gasteiger partial charge in [-0.25, -0.2) is 0 Å². The lowest BCUT2D eigenvalue weighted by Crippen LogP contribution is -2.44. The van der Waals surface area contributed by atoms with E-state index < -0.39 is 0 Å². The highest BCUT2D eigenvalue weighted by Gasteiger charge is 2.34. The van der Waals surface area contributed by atoms with Crippen LogP contribution in [0, 0.1) is 5.41 Å². The lowest BCUT2D eigenvalue weighted by atomic mass is 9.77. The summed E-state index contributed by atoms with van der Waals surface area (Å²) in [7, 11) is 0. The third-order valence-electron chi connectivity index (χ3n) is 5.77. The summed E-state index contributed by atoms with van der Waals surface area (Å²) in [6.45, 7) is 4.61. The molecule has 1 unspecified atom stereocenters. The Morgan fingerprint density at radius 3 is 2.78 bits per heavy atom. The van der Waals surface area contributed by atoms with Crippen LogP contribution >= 0.6 is 0 Å². The highest BCUT2D eigenvalue weighted by Crippen LogP contribution is 2.37. The highest BCUT2D eigenvalue weighted by atomic mass is 16.5. The number of benzene rings is 1.